The van der Waals surface area contributed by atoms with Crippen molar-refractivity contribution in [3.05, 3.63) is 47.2 Å². The standard InChI is InChI=1S/C22H27N3O5S2/c1-5-25(6-2)32(27,28)16-10-11-19(29-7-3)18(13-16)23-21(26)14-17-15(4)30-22(24-17)20-9-8-12-31-20/h8-13H,5-7,14H2,1-4H3,(H,23,26). The number of sulfonamides is 1. The van der Waals surface area contributed by atoms with E-state index in [0.717, 1.165) is 4.88 Å². The number of ether oxygens (including phenoxy) is 1. The van der Waals surface area contributed by atoms with E-state index in [4.69, 9.17) is 9.15 Å². The molecule has 32 heavy (non-hydrogen) atoms. The molecule has 0 spiro atoms. The lowest BCUT2D eigenvalue weighted by molar-refractivity contribution is -0.115. The predicted octanol–water partition coefficient (Wildman–Crippen LogP) is 4.32. The van der Waals surface area contributed by atoms with Gasteiger partial charge >= 0.3 is 0 Å². The zero-order valence-electron chi connectivity index (χ0n) is 18.5. The minimum absolute atomic E-state index is 0.0146. The van der Waals surface area contributed by atoms with Crippen LogP contribution in [0.2, 0.25) is 0 Å². The number of carbonyl (C=O) groups is 1. The summed E-state index contributed by atoms with van der Waals surface area (Å²) >= 11 is 1.50. The van der Waals surface area contributed by atoms with E-state index in [9.17, 15) is 13.2 Å². The van der Waals surface area contributed by atoms with E-state index >= 15 is 0 Å². The van der Waals surface area contributed by atoms with Crippen LogP contribution in [-0.2, 0) is 21.2 Å². The fourth-order valence-corrected chi connectivity index (χ4v) is 5.34. The molecular formula is C22H27N3O5S2. The maximum absolute atomic E-state index is 12.9. The number of rotatable bonds is 10. The van der Waals surface area contributed by atoms with Gasteiger partial charge in [0, 0.05) is 13.1 Å². The molecule has 10 heteroatoms. The molecule has 0 aliphatic heterocycles. The predicted molar refractivity (Wildman–Crippen MR) is 125 cm³/mol. The van der Waals surface area contributed by atoms with Gasteiger partial charge in [0.05, 0.1) is 34.2 Å². The van der Waals surface area contributed by atoms with Crippen LogP contribution in [0.15, 0.2) is 45.0 Å². The number of thiophene rings is 1. The van der Waals surface area contributed by atoms with Crippen molar-refractivity contribution in [2.75, 3.05) is 25.0 Å². The molecule has 0 bridgehead atoms. The first-order valence-electron chi connectivity index (χ1n) is 10.4. The Balaban J connectivity index is 1.84. The Bertz CT molecular complexity index is 1170. The normalized spacial score (nSPS) is 11.7. The number of hydrogen-bond donors (Lipinski definition) is 1. The van der Waals surface area contributed by atoms with E-state index in [2.05, 4.69) is 10.3 Å². The summed E-state index contributed by atoms with van der Waals surface area (Å²) in [5.41, 5.74) is 0.820. The van der Waals surface area contributed by atoms with Gasteiger partial charge in [-0.1, -0.05) is 19.9 Å². The maximum atomic E-state index is 12.9. The highest BCUT2D eigenvalue weighted by Gasteiger charge is 2.24. The lowest BCUT2D eigenvalue weighted by Crippen LogP contribution is -2.30. The number of carbonyl (C=O) groups excluding carboxylic acids is 1. The lowest BCUT2D eigenvalue weighted by atomic mass is 10.2. The first kappa shape index (κ1) is 24.0. The van der Waals surface area contributed by atoms with Gasteiger partial charge in [0.25, 0.3) is 0 Å². The van der Waals surface area contributed by atoms with Crippen LogP contribution in [0.4, 0.5) is 5.69 Å². The molecule has 0 aliphatic carbocycles. The van der Waals surface area contributed by atoms with Crippen molar-refractivity contribution in [3.8, 4) is 16.5 Å². The van der Waals surface area contributed by atoms with Gasteiger partial charge in [-0.15, -0.1) is 11.3 Å². The summed E-state index contributed by atoms with van der Waals surface area (Å²) in [5, 5.41) is 4.70. The number of nitrogens with zero attached hydrogens (tertiary/aromatic N) is 2. The zero-order chi connectivity index (χ0) is 23.3. The van der Waals surface area contributed by atoms with E-state index in [0.29, 0.717) is 48.5 Å². The van der Waals surface area contributed by atoms with E-state index in [1.807, 2.05) is 24.4 Å². The number of amides is 1. The zero-order valence-corrected chi connectivity index (χ0v) is 20.2. The number of aromatic nitrogens is 1. The van der Waals surface area contributed by atoms with Crippen LogP contribution < -0.4 is 10.1 Å². The Labute approximate surface area is 192 Å². The van der Waals surface area contributed by atoms with Gasteiger partial charge < -0.3 is 14.5 Å². The van der Waals surface area contributed by atoms with Gasteiger partial charge in [-0.05, 0) is 43.5 Å². The minimum atomic E-state index is -3.68. The van der Waals surface area contributed by atoms with Crippen LogP contribution in [0.25, 0.3) is 10.8 Å². The first-order valence-corrected chi connectivity index (χ1v) is 12.7. The molecule has 0 atom stereocenters. The molecule has 3 rings (SSSR count). The highest BCUT2D eigenvalue weighted by Crippen LogP contribution is 2.30. The summed E-state index contributed by atoms with van der Waals surface area (Å²) in [6.45, 7) is 8.22. The van der Waals surface area contributed by atoms with E-state index in [1.165, 1.54) is 27.8 Å². The lowest BCUT2D eigenvalue weighted by Gasteiger charge is -2.20. The molecule has 0 fully saturated rings. The van der Waals surface area contributed by atoms with Crippen molar-refractivity contribution in [1.29, 1.82) is 0 Å². The summed E-state index contributed by atoms with van der Waals surface area (Å²) in [5.74, 6) is 1.09. The smallest absolute Gasteiger partial charge is 0.243 e. The van der Waals surface area contributed by atoms with Crippen molar-refractivity contribution in [2.45, 2.75) is 39.0 Å². The van der Waals surface area contributed by atoms with Crippen molar-refractivity contribution in [2.24, 2.45) is 0 Å². The molecule has 2 heterocycles. The van der Waals surface area contributed by atoms with E-state index in [1.54, 1.807) is 26.8 Å². The molecule has 2 aromatic heterocycles. The van der Waals surface area contributed by atoms with Crippen LogP contribution in [0, 0.1) is 6.92 Å². The Morgan fingerprint density at radius 3 is 2.59 bits per heavy atom. The second-order valence-electron chi connectivity index (χ2n) is 6.90. The number of benzene rings is 1. The first-order chi connectivity index (χ1) is 15.3. The maximum Gasteiger partial charge on any atom is 0.243 e. The molecule has 172 valence electrons. The summed E-state index contributed by atoms with van der Waals surface area (Å²) in [7, 11) is -3.68. The fraction of sp³-hybridized carbons (Fsp3) is 0.364. The van der Waals surface area contributed by atoms with E-state index < -0.39 is 10.0 Å². The molecule has 8 nitrogen and oxygen atoms in total. The second-order valence-corrected chi connectivity index (χ2v) is 9.79. The van der Waals surface area contributed by atoms with E-state index in [-0.39, 0.29) is 17.2 Å². The number of nitrogens with one attached hydrogen (secondary N) is 1. The Morgan fingerprint density at radius 1 is 1.22 bits per heavy atom. The number of anilines is 1. The third-order valence-corrected chi connectivity index (χ3v) is 7.72. The third-order valence-electron chi connectivity index (χ3n) is 4.82. The van der Waals surface area contributed by atoms with Gasteiger partial charge in [0.1, 0.15) is 11.5 Å². The SMILES string of the molecule is CCOc1ccc(S(=O)(=O)N(CC)CC)cc1NC(=O)Cc1nc(-c2cccs2)oc1C. The van der Waals surface area contributed by atoms with Gasteiger partial charge in [-0.2, -0.15) is 4.31 Å². The molecule has 0 aliphatic rings. The molecule has 0 saturated carbocycles. The van der Waals surface area contributed by atoms with Crippen molar-refractivity contribution < 1.29 is 22.4 Å². The Hall–Kier alpha value is -2.69. The van der Waals surface area contributed by atoms with Gasteiger partial charge in [-0.25, -0.2) is 13.4 Å². The summed E-state index contributed by atoms with van der Waals surface area (Å²) < 4.78 is 38.5. The highest BCUT2D eigenvalue weighted by molar-refractivity contribution is 7.89. The highest BCUT2D eigenvalue weighted by atomic mass is 32.2. The average Bonchev–Trinajstić information content (AvgIpc) is 3.40. The topological polar surface area (TPSA) is 102 Å². The molecule has 1 N–H and O–H groups in total. The second kappa shape index (κ2) is 10.3. The van der Waals surface area contributed by atoms with Crippen molar-refractivity contribution in [1.82, 2.24) is 9.29 Å². The third kappa shape index (κ3) is 5.20. The molecule has 3 aromatic rings. The number of aryl methyl sites for hydroxylation is 1. The monoisotopic (exact) mass is 477 g/mol. The molecule has 0 radical (unpaired) electrons. The van der Waals surface area contributed by atoms with Crippen LogP contribution in [0.3, 0.4) is 0 Å². The number of oxazole rings is 1. The quantitative estimate of drug-likeness (QED) is 0.467. The van der Waals surface area contributed by atoms with Crippen LogP contribution in [-0.4, -0.2) is 43.3 Å². The van der Waals surface area contributed by atoms with Gasteiger partial charge in [-0.3, -0.25) is 4.79 Å². The van der Waals surface area contributed by atoms with Crippen molar-refractivity contribution in [3.63, 3.8) is 0 Å². The molecular weight excluding hydrogens is 450 g/mol. The Morgan fingerprint density at radius 2 is 1.97 bits per heavy atom. The minimum Gasteiger partial charge on any atom is -0.492 e. The number of hydrogen-bond acceptors (Lipinski definition) is 7. The Kier molecular flexibility index (Phi) is 7.70. The summed E-state index contributed by atoms with van der Waals surface area (Å²) in [4.78, 5) is 18.2. The van der Waals surface area contributed by atoms with Crippen LogP contribution in [0.1, 0.15) is 32.2 Å². The molecule has 0 saturated heterocycles. The van der Waals surface area contributed by atoms with Crippen molar-refractivity contribution >= 4 is 33.0 Å². The fourth-order valence-electron chi connectivity index (χ4n) is 3.21. The van der Waals surface area contributed by atoms with Gasteiger partial charge in [0.2, 0.25) is 21.8 Å². The van der Waals surface area contributed by atoms with Crippen LogP contribution >= 0.6 is 11.3 Å². The van der Waals surface area contributed by atoms with Crippen LogP contribution in [0.5, 0.6) is 5.75 Å². The largest absolute Gasteiger partial charge is 0.492 e. The molecule has 1 aromatic carbocycles. The average molecular weight is 478 g/mol. The van der Waals surface area contributed by atoms with Gasteiger partial charge in [0.15, 0.2) is 0 Å². The summed E-state index contributed by atoms with van der Waals surface area (Å²) in [6.07, 6.45) is -0.0146. The molecule has 1 amide bonds. The summed E-state index contributed by atoms with van der Waals surface area (Å²) in [6, 6.07) is 8.29. The molecule has 0 unspecified atom stereocenters.